The molecule has 1 aromatic carbocycles. The highest BCUT2D eigenvalue weighted by Gasteiger charge is 2.39. The van der Waals surface area contributed by atoms with Crippen molar-refractivity contribution in [2.24, 2.45) is 0 Å². The molecule has 0 unspecified atom stereocenters. The zero-order chi connectivity index (χ0) is 36.4. The number of fused-ring (bicyclic) bond motifs is 3. The second-order valence-corrected chi connectivity index (χ2v) is 10.8. The van der Waals surface area contributed by atoms with Crippen molar-refractivity contribution >= 4 is 50.2 Å². The quantitative estimate of drug-likeness (QED) is 0.221. The average Bonchev–Trinajstić information content (AvgIpc) is 3.43. The summed E-state index contributed by atoms with van der Waals surface area (Å²) in [7, 11) is 3.32. The molecular weight excluding hydrogens is 674 g/mol. The molecule has 1 amide bonds. The van der Waals surface area contributed by atoms with Crippen LogP contribution >= 0.6 is 11.3 Å². The molecule has 0 aliphatic rings. The van der Waals surface area contributed by atoms with E-state index >= 15 is 0 Å². The van der Waals surface area contributed by atoms with Crippen molar-refractivity contribution in [2.75, 3.05) is 40.3 Å². The summed E-state index contributed by atoms with van der Waals surface area (Å²) in [4.78, 5) is 53.8. The van der Waals surface area contributed by atoms with Crippen LogP contribution in [0, 0.1) is 0 Å². The van der Waals surface area contributed by atoms with Gasteiger partial charge in [-0.3, -0.25) is 14.6 Å². The lowest BCUT2D eigenvalue weighted by Crippen LogP contribution is -2.36. The van der Waals surface area contributed by atoms with Crippen LogP contribution in [-0.2, 0) is 16.1 Å². The van der Waals surface area contributed by atoms with Gasteiger partial charge >= 0.3 is 24.3 Å². The average molecular weight is 707 g/mol. The molecule has 262 valence electrons. The number of hydrogen-bond donors (Lipinski definition) is 2. The molecule has 0 aliphatic carbocycles. The first-order chi connectivity index (χ1) is 22.4. The number of carboxylic acid groups (broad SMARTS) is 2. The normalized spacial score (nSPS) is 11.4. The van der Waals surface area contributed by atoms with Crippen LogP contribution in [0.3, 0.4) is 0 Å². The van der Waals surface area contributed by atoms with Crippen LogP contribution in [0.25, 0.3) is 21.0 Å². The molecule has 0 aliphatic heterocycles. The maximum atomic E-state index is 13.8. The van der Waals surface area contributed by atoms with Crippen molar-refractivity contribution in [1.82, 2.24) is 19.4 Å². The number of para-hydroxylation sites is 1. The molecule has 4 rings (SSSR count). The maximum Gasteiger partial charge on any atom is 0.490 e. The largest absolute Gasteiger partial charge is 0.494 e. The molecular formula is C30H32F6N4O7S. The van der Waals surface area contributed by atoms with Gasteiger partial charge in [0.05, 0.1) is 29.6 Å². The van der Waals surface area contributed by atoms with Gasteiger partial charge in [-0.25, -0.2) is 9.59 Å². The fourth-order valence-corrected chi connectivity index (χ4v) is 5.49. The van der Waals surface area contributed by atoms with E-state index in [4.69, 9.17) is 24.5 Å². The Morgan fingerprint density at radius 1 is 0.917 bits per heavy atom. The van der Waals surface area contributed by atoms with Crippen molar-refractivity contribution in [3.05, 3.63) is 69.6 Å². The number of carboxylic acids is 2. The lowest BCUT2D eigenvalue weighted by atomic mass is 10.1. The van der Waals surface area contributed by atoms with Gasteiger partial charge in [-0.1, -0.05) is 38.1 Å². The van der Waals surface area contributed by atoms with Crippen LogP contribution in [0.4, 0.5) is 26.3 Å². The molecule has 4 aromatic rings. The van der Waals surface area contributed by atoms with Gasteiger partial charge in [0, 0.05) is 31.7 Å². The highest BCUT2D eigenvalue weighted by molar-refractivity contribution is 7.22. The van der Waals surface area contributed by atoms with Crippen molar-refractivity contribution < 1.29 is 55.7 Å². The van der Waals surface area contributed by atoms with E-state index in [0.717, 1.165) is 40.9 Å². The topological polar surface area (TPSA) is 142 Å². The third-order valence-electron chi connectivity index (χ3n) is 6.69. The summed E-state index contributed by atoms with van der Waals surface area (Å²) in [6.07, 6.45) is -8.45. The zero-order valence-electron chi connectivity index (χ0n) is 26.1. The SMILES string of the molecule is CCN(CC)CCN(C)C(=O)c1sc2c(c1OC)c(=O)n(Cc1ccccn1)c1ccccc21.O=C(O)C(F)(F)F.O=C(O)C(F)(F)F. The molecule has 3 aromatic heterocycles. The first-order valence-electron chi connectivity index (χ1n) is 14.0. The predicted octanol–water partition coefficient (Wildman–Crippen LogP) is 5.35. The number of benzene rings is 1. The number of nitrogens with zero attached hydrogens (tertiary/aromatic N) is 4. The molecule has 0 fully saturated rings. The van der Waals surface area contributed by atoms with E-state index in [2.05, 4.69) is 23.7 Å². The Morgan fingerprint density at radius 3 is 1.94 bits per heavy atom. The van der Waals surface area contributed by atoms with Crippen molar-refractivity contribution in [1.29, 1.82) is 0 Å². The fourth-order valence-electron chi connectivity index (χ4n) is 4.20. The minimum Gasteiger partial charge on any atom is -0.494 e. The fraction of sp³-hybridized carbons (Fsp3) is 0.367. The van der Waals surface area contributed by atoms with Crippen LogP contribution in [0.1, 0.15) is 29.2 Å². The highest BCUT2D eigenvalue weighted by Crippen LogP contribution is 2.40. The van der Waals surface area contributed by atoms with Crippen LogP contribution in [0.2, 0.25) is 0 Å². The Morgan fingerprint density at radius 2 is 1.46 bits per heavy atom. The van der Waals surface area contributed by atoms with Gasteiger partial charge in [-0.05, 0) is 31.3 Å². The van der Waals surface area contributed by atoms with Crippen molar-refractivity contribution in [3.8, 4) is 5.75 Å². The molecule has 2 N–H and O–H groups in total. The summed E-state index contributed by atoms with van der Waals surface area (Å²) in [5.41, 5.74) is 1.41. The van der Waals surface area contributed by atoms with Gasteiger partial charge < -0.3 is 29.3 Å². The summed E-state index contributed by atoms with van der Waals surface area (Å²) < 4.78 is 71.7. The Labute approximate surface area is 273 Å². The van der Waals surface area contributed by atoms with E-state index in [9.17, 15) is 35.9 Å². The number of thiophene rings is 1. The maximum absolute atomic E-state index is 13.8. The minimum atomic E-state index is -5.08. The van der Waals surface area contributed by atoms with Gasteiger partial charge in [0.15, 0.2) is 5.75 Å². The molecule has 11 nitrogen and oxygen atoms in total. The first kappa shape index (κ1) is 39.5. The van der Waals surface area contributed by atoms with Gasteiger partial charge in [0.2, 0.25) is 0 Å². The second kappa shape index (κ2) is 16.9. The van der Waals surface area contributed by atoms with Gasteiger partial charge in [-0.15, -0.1) is 11.3 Å². The Hall–Kier alpha value is -4.71. The number of halogens is 6. The number of ether oxygens (including phenoxy) is 1. The van der Waals surface area contributed by atoms with Gasteiger partial charge in [0.1, 0.15) is 10.3 Å². The van der Waals surface area contributed by atoms with E-state index in [0.29, 0.717) is 29.1 Å². The third-order valence-corrected chi connectivity index (χ3v) is 7.88. The van der Waals surface area contributed by atoms with Crippen LogP contribution in [0.15, 0.2) is 53.5 Å². The number of aliphatic carboxylic acids is 2. The lowest BCUT2D eigenvalue weighted by molar-refractivity contribution is -0.193. The number of carbonyl (C=O) groups is 3. The van der Waals surface area contributed by atoms with Crippen LogP contribution in [-0.4, -0.2) is 100 Å². The summed E-state index contributed by atoms with van der Waals surface area (Å²) in [5.74, 6) is -5.30. The number of alkyl halides is 6. The number of aromatic nitrogens is 2. The number of rotatable bonds is 9. The Balaban J connectivity index is 0.000000479. The standard InChI is InChI=1S/C26H30N4O3S.2C2HF3O2/c1-5-29(6-2)16-15-28(3)26(32)24-22(33-4)21-23(34-24)19-12-7-8-13-20(19)30(25(21)31)17-18-11-9-10-14-27-18;2*3-2(4,5)1(6)7/h7-14H,5-6,15-17H2,1-4H3;2*(H,6,7). The number of hydrogen-bond acceptors (Lipinski definition) is 8. The smallest absolute Gasteiger partial charge is 0.490 e. The van der Waals surface area contributed by atoms with Crippen LogP contribution < -0.4 is 10.3 Å². The Bertz CT molecular complexity index is 1750. The number of amides is 1. The summed E-state index contributed by atoms with van der Waals surface area (Å²) in [5, 5.41) is 15.6. The second-order valence-electron chi connectivity index (χ2n) is 9.76. The molecule has 48 heavy (non-hydrogen) atoms. The summed E-state index contributed by atoms with van der Waals surface area (Å²) >= 11 is 1.33. The molecule has 0 atom stereocenters. The monoisotopic (exact) mass is 706 g/mol. The van der Waals surface area contributed by atoms with E-state index in [1.165, 1.54) is 18.4 Å². The molecule has 0 radical (unpaired) electrons. The van der Waals surface area contributed by atoms with E-state index < -0.39 is 24.3 Å². The Kier molecular flexibility index (Phi) is 13.9. The predicted molar refractivity (Wildman–Crippen MR) is 166 cm³/mol. The third kappa shape index (κ3) is 10.1. The number of methoxy groups -OCH3 is 1. The summed E-state index contributed by atoms with van der Waals surface area (Å²) in [6, 6.07) is 13.4. The van der Waals surface area contributed by atoms with Crippen molar-refractivity contribution in [2.45, 2.75) is 32.7 Å². The molecule has 0 saturated carbocycles. The van der Waals surface area contributed by atoms with Gasteiger partial charge in [-0.2, -0.15) is 26.3 Å². The van der Waals surface area contributed by atoms with E-state index in [-0.39, 0.29) is 11.5 Å². The number of carbonyl (C=O) groups excluding carboxylic acids is 1. The van der Waals surface area contributed by atoms with Crippen LogP contribution in [0.5, 0.6) is 5.75 Å². The highest BCUT2D eigenvalue weighted by atomic mass is 32.1. The zero-order valence-corrected chi connectivity index (χ0v) is 26.9. The van der Waals surface area contributed by atoms with E-state index in [1.807, 2.05) is 42.5 Å². The molecule has 18 heteroatoms. The summed E-state index contributed by atoms with van der Waals surface area (Å²) in [6.45, 7) is 7.83. The lowest BCUT2D eigenvalue weighted by Gasteiger charge is -2.23. The van der Waals surface area contributed by atoms with E-state index in [1.54, 1.807) is 22.7 Å². The number of likely N-dealkylation sites (N-methyl/N-ethyl adjacent to an activating group) is 2. The minimum absolute atomic E-state index is 0.134. The molecule has 0 bridgehead atoms. The van der Waals surface area contributed by atoms with Gasteiger partial charge in [0.25, 0.3) is 11.5 Å². The molecule has 3 heterocycles. The molecule has 0 spiro atoms. The first-order valence-corrected chi connectivity index (χ1v) is 14.8. The van der Waals surface area contributed by atoms with Crippen molar-refractivity contribution in [3.63, 3.8) is 0 Å². The number of pyridine rings is 2. The molecule has 0 saturated heterocycles.